The minimum Gasteiger partial charge on any atom is -0.494 e. The summed E-state index contributed by atoms with van der Waals surface area (Å²) in [5, 5.41) is 2.94. The first-order valence-corrected chi connectivity index (χ1v) is 11.5. The predicted octanol–water partition coefficient (Wildman–Crippen LogP) is 3.84. The number of rotatable bonds is 7. The molecule has 0 aromatic heterocycles. The van der Waals surface area contributed by atoms with E-state index >= 15 is 0 Å². The lowest BCUT2D eigenvalue weighted by atomic mass is 10.2. The second kappa shape index (κ2) is 9.61. The van der Waals surface area contributed by atoms with Gasteiger partial charge < -0.3 is 10.1 Å². The zero-order valence-electron chi connectivity index (χ0n) is 16.4. The Morgan fingerprint density at radius 2 is 1.79 bits per heavy atom. The van der Waals surface area contributed by atoms with Gasteiger partial charge in [0.2, 0.25) is 10.0 Å². The quantitative estimate of drug-likeness (QED) is 0.715. The third-order valence-corrected chi connectivity index (χ3v) is 7.19. The zero-order valence-corrected chi connectivity index (χ0v) is 17.9. The van der Waals surface area contributed by atoms with Crippen LogP contribution in [-0.4, -0.2) is 38.3 Å². The number of hydrogen-bond donors (Lipinski definition) is 1. The number of carbonyl (C=O) groups excluding carboxylic acids is 1. The maximum absolute atomic E-state index is 12.9. The molecule has 156 valence electrons. The third kappa shape index (κ3) is 5.29. The smallest absolute Gasteiger partial charge is 0.251 e. The summed E-state index contributed by atoms with van der Waals surface area (Å²) in [5.41, 5.74) is 1.17. The highest BCUT2D eigenvalue weighted by atomic mass is 35.5. The zero-order chi connectivity index (χ0) is 20.9. The van der Waals surface area contributed by atoms with Crippen molar-refractivity contribution in [3.8, 4) is 5.75 Å². The molecular weight excluding hydrogens is 412 g/mol. The molecule has 2 aromatic rings. The first kappa shape index (κ1) is 21.6. The molecule has 1 fully saturated rings. The van der Waals surface area contributed by atoms with Gasteiger partial charge >= 0.3 is 0 Å². The molecule has 8 heteroatoms. The van der Waals surface area contributed by atoms with E-state index in [2.05, 4.69) is 5.32 Å². The van der Waals surface area contributed by atoms with Gasteiger partial charge in [0.25, 0.3) is 5.91 Å². The summed E-state index contributed by atoms with van der Waals surface area (Å²) >= 11 is 6.17. The molecule has 3 rings (SSSR count). The lowest BCUT2D eigenvalue weighted by molar-refractivity contribution is 0.0950. The van der Waals surface area contributed by atoms with E-state index in [4.69, 9.17) is 16.3 Å². The Morgan fingerprint density at radius 3 is 2.45 bits per heavy atom. The van der Waals surface area contributed by atoms with Crippen LogP contribution in [0.1, 0.15) is 42.1 Å². The molecule has 0 spiro atoms. The molecule has 0 radical (unpaired) electrons. The molecule has 0 saturated carbocycles. The van der Waals surface area contributed by atoms with Gasteiger partial charge in [-0.05, 0) is 55.7 Å². The number of hydrogen-bond acceptors (Lipinski definition) is 4. The van der Waals surface area contributed by atoms with Crippen LogP contribution in [0.5, 0.6) is 5.75 Å². The van der Waals surface area contributed by atoms with Gasteiger partial charge in [-0.25, -0.2) is 8.42 Å². The fraction of sp³-hybridized carbons (Fsp3) is 0.381. The lowest BCUT2D eigenvalue weighted by Crippen LogP contribution is -2.36. The van der Waals surface area contributed by atoms with Gasteiger partial charge in [0.05, 0.1) is 11.6 Å². The van der Waals surface area contributed by atoms with Crippen LogP contribution in [0.25, 0.3) is 0 Å². The summed E-state index contributed by atoms with van der Waals surface area (Å²) in [5.74, 6) is 0.415. The summed E-state index contributed by atoms with van der Waals surface area (Å²) in [7, 11) is -3.72. The molecule has 0 aliphatic carbocycles. The normalized spacial score (nSPS) is 15.1. The summed E-state index contributed by atoms with van der Waals surface area (Å²) in [6.07, 6.45) is 2.69. The van der Waals surface area contributed by atoms with Crippen LogP contribution in [-0.2, 0) is 16.6 Å². The first-order chi connectivity index (χ1) is 13.9. The van der Waals surface area contributed by atoms with E-state index in [1.54, 1.807) is 0 Å². The Bertz CT molecular complexity index is 955. The maximum atomic E-state index is 12.9. The Labute approximate surface area is 176 Å². The van der Waals surface area contributed by atoms with Crippen molar-refractivity contribution >= 4 is 27.5 Å². The van der Waals surface area contributed by atoms with Gasteiger partial charge in [-0.2, -0.15) is 4.31 Å². The van der Waals surface area contributed by atoms with Gasteiger partial charge in [-0.3, -0.25) is 4.79 Å². The molecule has 0 bridgehead atoms. The maximum Gasteiger partial charge on any atom is 0.251 e. The van der Waals surface area contributed by atoms with Crippen molar-refractivity contribution in [2.45, 2.75) is 37.6 Å². The summed E-state index contributed by atoms with van der Waals surface area (Å²) < 4.78 is 32.7. The number of halogens is 1. The van der Waals surface area contributed by atoms with E-state index in [9.17, 15) is 13.2 Å². The standard InChI is InChI=1S/C21H25ClN2O4S/c1-2-28-18-9-6-16(7-10-18)15-23-21(25)17-8-11-19(22)20(14-17)29(26,27)24-12-4-3-5-13-24/h6-11,14H,2-5,12-13,15H2,1H3,(H,23,25). The fourth-order valence-electron chi connectivity index (χ4n) is 3.24. The highest BCUT2D eigenvalue weighted by molar-refractivity contribution is 7.89. The molecule has 1 heterocycles. The molecule has 2 aromatic carbocycles. The third-order valence-electron chi connectivity index (χ3n) is 4.81. The van der Waals surface area contributed by atoms with Gasteiger partial charge in [0.1, 0.15) is 10.6 Å². The van der Waals surface area contributed by atoms with Crippen LogP contribution >= 0.6 is 11.6 Å². The number of ether oxygens (including phenoxy) is 1. The van der Waals surface area contributed by atoms with Crippen molar-refractivity contribution in [2.75, 3.05) is 19.7 Å². The SMILES string of the molecule is CCOc1ccc(CNC(=O)c2ccc(Cl)c(S(=O)(=O)N3CCCCC3)c2)cc1. The first-order valence-electron chi connectivity index (χ1n) is 9.71. The molecule has 1 amide bonds. The topological polar surface area (TPSA) is 75.7 Å². The molecule has 0 unspecified atom stereocenters. The Hall–Kier alpha value is -2.09. The van der Waals surface area contributed by atoms with Gasteiger partial charge in [-0.1, -0.05) is 30.2 Å². The molecular formula is C21H25ClN2O4S. The number of nitrogens with zero attached hydrogens (tertiary/aromatic N) is 1. The molecule has 1 aliphatic heterocycles. The summed E-state index contributed by atoms with van der Waals surface area (Å²) in [6.45, 7) is 3.79. The van der Waals surface area contributed by atoms with Crippen molar-refractivity contribution in [2.24, 2.45) is 0 Å². The van der Waals surface area contributed by atoms with E-state index in [0.29, 0.717) is 26.2 Å². The van der Waals surface area contributed by atoms with Crippen LogP contribution in [0, 0.1) is 0 Å². The highest BCUT2D eigenvalue weighted by Crippen LogP contribution is 2.28. The number of sulfonamides is 1. The van der Waals surface area contributed by atoms with Crippen molar-refractivity contribution < 1.29 is 17.9 Å². The summed E-state index contributed by atoms with van der Waals surface area (Å²) in [6, 6.07) is 11.8. The molecule has 29 heavy (non-hydrogen) atoms. The number of carbonyl (C=O) groups is 1. The van der Waals surface area contributed by atoms with Crippen molar-refractivity contribution in [1.82, 2.24) is 9.62 Å². The Morgan fingerprint density at radius 1 is 1.10 bits per heavy atom. The van der Waals surface area contributed by atoms with Gasteiger partial charge in [0, 0.05) is 25.2 Å². The highest BCUT2D eigenvalue weighted by Gasteiger charge is 2.28. The lowest BCUT2D eigenvalue weighted by Gasteiger charge is -2.26. The minimum absolute atomic E-state index is 0.0187. The average Bonchev–Trinajstić information content (AvgIpc) is 2.74. The van der Waals surface area contributed by atoms with Crippen LogP contribution in [0.4, 0.5) is 0 Å². The second-order valence-electron chi connectivity index (χ2n) is 6.87. The van der Waals surface area contributed by atoms with Gasteiger partial charge in [-0.15, -0.1) is 0 Å². The average molecular weight is 437 g/mol. The number of benzene rings is 2. The van der Waals surface area contributed by atoms with Crippen molar-refractivity contribution in [1.29, 1.82) is 0 Å². The second-order valence-corrected chi connectivity index (χ2v) is 9.18. The Kier molecular flexibility index (Phi) is 7.16. The van der Waals surface area contributed by atoms with Crippen LogP contribution < -0.4 is 10.1 Å². The van der Waals surface area contributed by atoms with E-state index in [1.165, 1.54) is 22.5 Å². The van der Waals surface area contributed by atoms with Crippen LogP contribution in [0.2, 0.25) is 5.02 Å². The molecule has 1 aliphatic rings. The largest absolute Gasteiger partial charge is 0.494 e. The Balaban J connectivity index is 1.72. The minimum atomic E-state index is -3.72. The van der Waals surface area contributed by atoms with E-state index in [-0.39, 0.29) is 21.4 Å². The molecule has 0 atom stereocenters. The monoisotopic (exact) mass is 436 g/mol. The number of amides is 1. The number of nitrogens with one attached hydrogen (secondary N) is 1. The fourth-order valence-corrected chi connectivity index (χ4v) is 5.26. The molecule has 1 N–H and O–H groups in total. The van der Waals surface area contributed by atoms with Crippen LogP contribution in [0.3, 0.4) is 0 Å². The molecule has 1 saturated heterocycles. The van der Waals surface area contributed by atoms with Crippen LogP contribution in [0.15, 0.2) is 47.4 Å². The van der Waals surface area contributed by atoms with E-state index in [1.807, 2.05) is 31.2 Å². The van der Waals surface area contributed by atoms with Gasteiger partial charge in [0.15, 0.2) is 0 Å². The van der Waals surface area contributed by atoms with Crippen molar-refractivity contribution in [3.05, 3.63) is 58.6 Å². The molecule has 6 nitrogen and oxygen atoms in total. The van der Waals surface area contributed by atoms with Crippen molar-refractivity contribution in [3.63, 3.8) is 0 Å². The number of piperidine rings is 1. The van der Waals surface area contributed by atoms with E-state index < -0.39 is 10.0 Å². The predicted molar refractivity (Wildman–Crippen MR) is 113 cm³/mol. The van der Waals surface area contributed by atoms with E-state index in [0.717, 1.165) is 30.6 Å². The summed E-state index contributed by atoms with van der Waals surface area (Å²) in [4.78, 5) is 12.5.